The van der Waals surface area contributed by atoms with Crippen molar-refractivity contribution < 1.29 is 9.53 Å². The Morgan fingerprint density at radius 1 is 0.808 bits per heavy atom. The highest BCUT2D eigenvalue weighted by atomic mass is 16.5. The van der Waals surface area contributed by atoms with Gasteiger partial charge in [-0.2, -0.15) is 0 Å². The maximum Gasteiger partial charge on any atom is 0.219 e. The third-order valence-electron chi connectivity index (χ3n) is 4.25. The van der Waals surface area contributed by atoms with E-state index in [4.69, 9.17) is 4.74 Å². The summed E-state index contributed by atoms with van der Waals surface area (Å²) < 4.78 is 5.82. The zero-order valence-electron chi connectivity index (χ0n) is 15.0. The van der Waals surface area contributed by atoms with Crippen LogP contribution in [0.25, 0.3) is 11.1 Å². The van der Waals surface area contributed by atoms with E-state index in [0.717, 1.165) is 16.9 Å². The second-order valence-electron chi connectivity index (χ2n) is 6.17. The lowest BCUT2D eigenvalue weighted by Gasteiger charge is -2.21. The van der Waals surface area contributed by atoms with Gasteiger partial charge in [-0.3, -0.25) is 4.79 Å². The molecule has 26 heavy (non-hydrogen) atoms. The van der Waals surface area contributed by atoms with Gasteiger partial charge in [-0.1, -0.05) is 72.8 Å². The highest BCUT2D eigenvalue weighted by molar-refractivity contribution is 5.73. The molecule has 3 heteroatoms. The van der Waals surface area contributed by atoms with Gasteiger partial charge in [-0.05, 0) is 28.8 Å². The molecule has 132 valence electrons. The molecule has 0 atom stereocenters. The summed E-state index contributed by atoms with van der Waals surface area (Å²) >= 11 is 0. The second kappa shape index (κ2) is 8.86. The largest absolute Gasteiger partial charge is 0.492 e. The van der Waals surface area contributed by atoms with Crippen LogP contribution in [0.3, 0.4) is 0 Å². The van der Waals surface area contributed by atoms with E-state index in [2.05, 4.69) is 24.3 Å². The Morgan fingerprint density at radius 2 is 1.38 bits per heavy atom. The lowest BCUT2D eigenvalue weighted by Crippen LogP contribution is -2.32. The average Bonchev–Trinajstić information content (AvgIpc) is 2.69. The van der Waals surface area contributed by atoms with Gasteiger partial charge in [0.05, 0.1) is 6.54 Å². The minimum absolute atomic E-state index is 0.0527. The third kappa shape index (κ3) is 4.96. The maximum absolute atomic E-state index is 11.9. The summed E-state index contributed by atoms with van der Waals surface area (Å²) in [6, 6.07) is 28.3. The van der Waals surface area contributed by atoms with Crippen LogP contribution in [0.5, 0.6) is 5.75 Å². The number of hydrogen-bond donors (Lipinski definition) is 0. The molecule has 0 N–H and O–H groups in total. The number of hydrogen-bond acceptors (Lipinski definition) is 2. The molecule has 1 amide bonds. The van der Waals surface area contributed by atoms with Gasteiger partial charge in [0.2, 0.25) is 5.91 Å². The third-order valence-corrected chi connectivity index (χ3v) is 4.25. The Bertz CT molecular complexity index is 814. The molecule has 0 spiro atoms. The number of rotatable bonds is 7. The van der Waals surface area contributed by atoms with Crippen molar-refractivity contribution in [3.8, 4) is 16.9 Å². The number of nitrogens with zero attached hydrogens (tertiary/aromatic N) is 1. The summed E-state index contributed by atoms with van der Waals surface area (Å²) in [6.07, 6.45) is 0. The minimum Gasteiger partial charge on any atom is -0.492 e. The van der Waals surface area contributed by atoms with Crippen LogP contribution in [-0.4, -0.2) is 24.0 Å². The van der Waals surface area contributed by atoms with Crippen molar-refractivity contribution in [3.63, 3.8) is 0 Å². The van der Waals surface area contributed by atoms with E-state index in [9.17, 15) is 4.79 Å². The Hall–Kier alpha value is -3.07. The summed E-state index contributed by atoms with van der Waals surface area (Å²) in [7, 11) is 0. The molecular weight excluding hydrogens is 322 g/mol. The van der Waals surface area contributed by atoms with Gasteiger partial charge in [0, 0.05) is 13.5 Å². The summed E-state index contributed by atoms with van der Waals surface area (Å²) in [5, 5.41) is 0. The molecule has 0 bridgehead atoms. The minimum atomic E-state index is 0.0527. The standard InChI is InChI=1S/C23H23NO2/c1-19(25)24(18-20-8-4-2-5-9-20)16-17-26-23-14-12-22(13-15-23)21-10-6-3-7-11-21/h2-15H,16-18H2,1H3. The van der Waals surface area contributed by atoms with Gasteiger partial charge >= 0.3 is 0 Å². The summed E-state index contributed by atoms with van der Waals surface area (Å²) in [4.78, 5) is 13.7. The fourth-order valence-corrected chi connectivity index (χ4v) is 2.80. The summed E-state index contributed by atoms with van der Waals surface area (Å²) in [5.41, 5.74) is 3.46. The molecule has 3 rings (SSSR count). The Labute approximate surface area is 154 Å². The van der Waals surface area contributed by atoms with E-state index >= 15 is 0 Å². The van der Waals surface area contributed by atoms with Gasteiger partial charge in [-0.25, -0.2) is 0 Å². The van der Waals surface area contributed by atoms with E-state index in [1.807, 2.05) is 60.7 Å². The van der Waals surface area contributed by atoms with Crippen LogP contribution in [0, 0.1) is 0 Å². The fraction of sp³-hybridized carbons (Fsp3) is 0.174. The molecule has 3 aromatic carbocycles. The molecule has 0 aliphatic heterocycles. The molecular formula is C23H23NO2. The first-order valence-electron chi connectivity index (χ1n) is 8.80. The molecule has 0 radical (unpaired) electrons. The van der Waals surface area contributed by atoms with Crippen molar-refractivity contribution in [2.45, 2.75) is 13.5 Å². The lowest BCUT2D eigenvalue weighted by molar-refractivity contribution is -0.129. The van der Waals surface area contributed by atoms with Crippen LogP contribution in [-0.2, 0) is 11.3 Å². The zero-order chi connectivity index (χ0) is 18.2. The van der Waals surface area contributed by atoms with E-state index in [-0.39, 0.29) is 5.91 Å². The first kappa shape index (κ1) is 17.7. The predicted octanol–water partition coefficient (Wildman–Crippen LogP) is 4.78. The predicted molar refractivity (Wildman–Crippen MR) is 105 cm³/mol. The molecule has 0 saturated carbocycles. The topological polar surface area (TPSA) is 29.5 Å². The second-order valence-corrected chi connectivity index (χ2v) is 6.17. The normalized spacial score (nSPS) is 10.3. The van der Waals surface area contributed by atoms with Crippen molar-refractivity contribution in [1.29, 1.82) is 0 Å². The van der Waals surface area contributed by atoms with Crippen LogP contribution in [0.2, 0.25) is 0 Å². The number of carbonyl (C=O) groups excluding carboxylic acids is 1. The van der Waals surface area contributed by atoms with Crippen molar-refractivity contribution in [1.82, 2.24) is 4.90 Å². The highest BCUT2D eigenvalue weighted by Crippen LogP contribution is 2.22. The van der Waals surface area contributed by atoms with Gasteiger partial charge in [0.25, 0.3) is 0 Å². The Kier molecular flexibility index (Phi) is 6.05. The molecule has 0 fully saturated rings. The van der Waals surface area contributed by atoms with E-state index in [1.54, 1.807) is 11.8 Å². The van der Waals surface area contributed by atoms with Crippen LogP contribution < -0.4 is 4.74 Å². The SMILES string of the molecule is CC(=O)N(CCOc1ccc(-c2ccccc2)cc1)Cc1ccccc1. The van der Waals surface area contributed by atoms with Crippen molar-refractivity contribution in [3.05, 3.63) is 90.5 Å². The molecule has 0 aliphatic rings. The summed E-state index contributed by atoms with van der Waals surface area (Å²) in [5.74, 6) is 0.866. The number of amides is 1. The van der Waals surface area contributed by atoms with Gasteiger partial charge < -0.3 is 9.64 Å². The molecule has 0 aliphatic carbocycles. The van der Waals surface area contributed by atoms with Crippen molar-refractivity contribution >= 4 is 5.91 Å². The number of ether oxygens (including phenoxy) is 1. The summed E-state index contributed by atoms with van der Waals surface area (Å²) in [6.45, 7) is 3.23. The van der Waals surface area contributed by atoms with Crippen LogP contribution in [0.15, 0.2) is 84.9 Å². The van der Waals surface area contributed by atoms with Gasteiger partial charge in [-0.15, -0.1) is 0 Å². The first-order chi connectivity index (χ1) is 12.7. The smallest absolute Gasteiger partial charge is 0.219 e. The fourth-order valence-electron chi connectivity index (χ4n) is 2.80. The van der Waals surface area contributed by atoms with Crippen LogP contribution >= 0.6 is 0 Å². The zero-order valence-corrected chi connectivity index (χ0v) is 15.0. The lowest BCUT2D eigenvalue weighted by atomic mass is 10.1. The highest BCUT2D eigenvalue weighted by Gasteiger charge is 2.09. The van der Waals surface area contributed by atoms with E-state index in [1.165, 1.54) is 5.56 Å². The quantitative estimate of drug-likeness (QED) is 0.617. The molecule has 0 aromatic heterocycles. The van der Waals surface area contributed by atoms with Crippen molar-refractivity contribution in [2.24, 2.45) is 0 Å². The Morgan fingerprint density at radius 3 is 2.00 bits per heavy atom. The van der Waals surface area contributed by atoms with Gasteiger partial charge in [0.15, 0.2) is 0 Å². The van der Waals surface area contributed by atoms with Gasteiger partial charge in [0.1, 0.15) is 12.4 Å². The maximum atomic E-state index is 11.9. The van der Waals surface area contributed by atoms with E-state index in [0.29, 0.717) is 19.7 Å². The molecule has 0 saturated heterocycles. The molecule has 3 nitrogen and oxygen atoms in total. The molecule has 0 heterocycles. The molecule has 0 unspecified atom stereocenters. The monoisotopic (exact) mass is 345 g/mol. The average molecular weight is 345 g/mol. The first-order valence-corrected chi connectivity index (χ1v) is 8.80. The Balaban J connectivity index is 1.54. The van der Waals surface area contributed by atoms with E-state index < -0.39 is 0 Å². The van der Waals surface area contributed by atoms with Crippen LogP contribution in [0.1, 0.15) is 12.5 Å². The molecule has 3 aromatic rings. The number of carbonyl (C=O) groups is 1. The van der Waals surface area contributed by atoms with Crippen LogP contribution in [0.4, 0.5) is 0 Å². The van der Waals surface area contributed by atoms with Crippen molar-refractivity contribution in [2.75, 3.05) is 13.2 Å². The number of benzene rings is 3.